The van der Waals surface area contributed by atoms with E-state index in [2.05, 4.69) is 4.98 Å². The Balaban J connectivity index is 2.24. The molecule has 0 bridgehead atoms. The number of nitro benzene ring substituents is 1. The lowest BCUT2D eigenvalue weighted by Crippen LogP contribution is -2.19. The second-order valence-electron chi connectivity index (χ2n) is 4.16. The van der Waals surface area contributed by atoms with Gasteiger partial charge in [0.2, 0.25) is 0 Å². The fourth-order valence-corrected chi connectivity index (χ4v) is 1.83. The van der Waals surface area contributed by atoms with Crippen LogP contribution >= 0.6 is 0 Å². The van der Waals surface area contributed by atoms with Crippen LogP contribution in [0.15, 0.2) is 36.8 Å². The molecule has 0 fully saturated rings. The summed E-state index contributed by atoms with van der Waals surface area (Å²) in [5, 5.41) is 19.8. The Morgan fingerprint density at radius 2 is 2.32 bits per heavy atom. The van der Waals surface area contributed by atoms with Crippen LogP contribution < -0.4 is 5.73 Å². The van der Waals surface area contributed by atoms with Crippen molar-refractivity contribution in [2.75, 3.05) is 6.61 Å². The van der Waals surface area contributed by atoms with Gasteiger partial charge in [-0.05, 0) is 5.56 Å². The molecule has 3 N–H and O–H groups in total. The van der Waals surface area contributed by atoms with Crippen LogP contribution in [0.25, 0.3) is 0 Å². The van der Waals surface area contributed by atoms with Gasteiger partial charge in [0.05, 0.1) is 29.6 Å². The van der Waals surface area contributed by atoms with Crippen molar-refractivity contribution in [2.24, 2.45) is 5.73 Å². The summed E-state index contributed by atoms with van der Waals surface area (Å²) in [7, 11) is 0. The lowest BCUT2D eigenvalue weighted by atomic mass is 10.2. The minimum atomic E-state index is -0.513. The predicted molar refractivity (Wildman–Crippen MR) is 68.4 cm³/mol. The van der Waals surface area contributed by atoms with E-state index in [1.165, 1.54) is 12.1 Å². The van der Waals surface area contributed by atoms with Gasteiger partial charge in [0.25, 0.3) is 5.69 Å². The number of nitrogens with two attached hydrogens (primary N) is 1. The quantitative estimate of drug-likeness (QED) is 0.613. The largest absolute Gasteiger partial charge is 0.394 e. The van der Waals surface area contributed by atoms with Crippen molar-refractivity contribution in [1.82, 2.24) is 9.55 Å². The zero-order valence-electron chi connectivity index (χ0n) is 10.1. The van der Waals surface area contributed by atoms with Crippen molar-refractivity contribution < 1.29 is 10.0 Å². The summed E-state index contributed by atoms with van der Waals surface area (Å²) in [5.41, 5.74) is 7.26. The SMILES string of the molecule is NC(CO)c1cncn1Cc1cccc([N+](=O)[O-])c1. The van der Waals surface area contributed by atoms with Gasteiger partial charge in [-0.15, -0.1) is 0 Å². The maximum atomic E-state index is 10.7. The van der Waals surface area contributed by atoms with Crippen LogP contribution in [0.3, 0.4) is 0 Å². The van der Waals surface area contributed by atoms with E-state index in [4.69, 9.17) is 10.8 Å². The van der Waals surface area contributed by atoms with Crippen LogP contribution in [0.5, 0.6) is 0 Å². The highest BCUT2D eigenvalue weighted by atomic mass is 16.6. The Kier molecular flexibility index (Phi) is 3.88. The number of benzene rings is 1. The van der Waals surface area contributed by atoms with Crippen LogP contribution in [0.2, 0.25) is 0 Å². The molecule has 7 nitrogen and oxygen atoms in total. The van der Waals surface area contributed by atoms with E-state index in [1.807, 2.05) is 0 Å². The van der Waals surface area contributed by atoms with Crippen molar-refractivity contribution in [3.05, 3.63) is 58.2 Å². The van der Waals surface area contributed by atoms with E-state index < -0.39 is 11.0 Å². The first-order chi connectivity index (χ1) is 9.11. The second kappa shape index (κ2) is 5.59. The molecule has 0 amide bonds. The van der Waals surface area contributed by atoms with Crippen LogP contribution in [0.1, 0.15) is 17.3 Å². The highest BCUT2D eigenvalue weighted by Gasteiger charge is 2.12. The van der Waals surface area contributed by atoms with Gasteiger partial charge < -0.3 is 15.4 Å². The molecule has 100 valence electrons. The minimum absolute atomic E-state index is 0.0469. The Morgan fingerprint density at radius 1 is 1.53 bits per heavy atom. The number of aliphatic hydroxyl groups excluding tert-OH is 1. The Morgan fingerprint density at radius 3 is 3.00 bits per heavy atom. The zero-order chi connectivity index (χ0) is 13.8. The van der Waals surface area contributed by atoms with Gasteiger partial charge in [-0.3, -0.25) is 10.1 Å². The first-order valence-electron chi connectivity index (χ1n) is 5.71. The molecule has 0 saturated carbocycles. The molecule has 19 heavy (non-hydrogen) atoms. The zero-order valence-corrected chi connectivity index (χ0v) is 10.1. The van der Waals surface area contributed by atoms with Crippen LogP contribution in [0, 0.1) is 10.1 Å². The fraction of sp³-hybridized carbons (Fsp3) is 0.250. The number of nitro groups is 1. The van der Waals surface area contributed by atoms with Crippen LogP contribution in [-0.4, -0.2) is 26.2 Å². The maximum absolute atomic E-state index is 10.7. The smallest absolute Gasteiger partial charge is 0.269 e. The second-order valence-corrected chi connectivity index (χ2v) is 4.16. The monoisotopic (exact) mass is 262 g/mol. The maximum Gasteiger partial charge on any atom is 0.269 e. The summed E-state index contributed by atoms with van der Waals surface area (Å²) in [5.74, 6) is 0. The number of aliphatic hydroxyl groups is 1. The van der Waals surface area contributed by atoms with E-state index >= 15 is 0 Å². The van der Waals surface area contributed by atoms with Crippen molar-refractivity contribution in [3.63, 3.8) is 0 Å². The number of hydrogen-bond donors (Lipinski definition) is 2. The van der Waals surface area contributed by atoms with Gasteiger partial charge in [0.1, 0.15) is 0 Å². The van der Waals surface area contributed by atoms with Crippen molar-refractivity contribution in [1.29, 1.82) is 0 Å². The average molecular weight is 262 g/mol. The van der Waals surface area contributed by atoms with Crippen molar-refractivity contribution in [3.8, 4) is 0 Å². The molecule has 0 spiro atoms. The third-order valence-electron chi connectivity index (χ3n) is 2.80. The van der Waals surface area contributed by atoms with Crippen LogP contribution in [0.4, 0.5) is 5.69 Å². The fourth-order valence-electron chi connectivity index (χ4n) is 1.83. The molecule has 0 aliphatic rings. The summed E-state index contributed by atoms with van der Waals surface area (Å²) >= 11 is 0. The molecule has 0 aliphatic carbocycles. The summed E-state index contributed by atoms with van der Waals surface area (Å²) < 4.78 is 1.76. The first-order valence-corrected chi connectivity index (χ1v) is 5.71. The van der Waals surface area contributed by atoms with Crippen LogP contribution in [-0.2, 0) is 6.54 Å². The molecule has 1 aromatic carbocycles. The summed E-state index contributed by atoms with van der Waals surface area (Å²) in [4.78, 5) is 14.3. The van der Waals surface area contributed by atoms with Gasteiger partial charge in [-0.2, -0.15) is 0 Å². The Bertz CT molecular complexity index is 582. The normalized spacial score (nSPS) is 12.3. The highest BCUT2D eigenvalue weighted by Crippen LogP contribution is 2.16. The predicted octanol–water partition coefficient (Wildman–Crippen LogP) is 0.832. The summed E-state index contributed by atoms with van der Waals surface area (Å²) in [6.07, 6.45) is 3.17. The van der Waals surface area contributed by atoms with E-state index in [0.29, 0.717) is 12.2 Å². The van der Waals surface area contributed by atoms with Crippen molar-refractivity contribution >= 4 is 5.69 Å². The van der Waals surface area contributed by atoms with E-state index in [0.717, 1.165) is 5.56 Å². The van der Waals surface area contributed by atoms with Gasteiger partial charge in [-0.1, -0.05) is 12.1 Å². The Labute approximate surface area is 109 Å². The third kappa shape index (κ3) is 2.95. The van der Waals surface area contributed by atoms with E-state index in [9.17, 15) is 10.1 Å². The molecule has 1 aromatic heterocycles. The lowest BCUT2D eigenvalue weighted by Gasteiger charge is -2.12. The molecule has 0 radical (unpaired) electrons. The number of imidazole rings is 1. The number of nitrogens with zero attached hydrogens (tertiary/aromatic N) is 3. The summed E-state index contributed by atoms with van der Waals surface area (Å²) in [6.45, 7) is 0.241. The lowest BCUT2D eigenvalue weighted by molar-refractivity contribution is -0.384. The third-order valence-corrected chi connectivity index (χ3v) is 2.80. The van der Waals surface area contributed by atoms with Crippen molar-refractivity contribution in [2.45, 2.75) is 12.6 Å². The molecule has 1 heterocycles. The number of non-ortho nitro benzene ring substituents is 1. The van der Waals surface area contributed by atoms with Gasteiger partial charge in [0.15, 0.2) is 0 Å². The number of rotatable bonds is 5. The molecule has 2 aromatic rings. The van der Waals surface area contributed by atoms with Gasteiger partial charge >= 0.3 is 0 Å². The van der Waals surface area contributed by atoms with E-state index in [1.54, 1.807) is 29.2 Å². The topological polar surface area (TPSA) is 107 Å². The summed E-state index contributed by atoms with van der Waals surface area (Å²) in [6, 6.07) is 5.87. The number of aromatic nitrogens is 2. The molecular formula is C12H14N4O3. The van der Waals surface area contributed by atoms with E-state index in [-0.39, 0.29) is 12.3 Å². The van der Waals surface area contributed by atoms with Gasteiger partial charge in [-0.25, -0.2) is 4.98 Å². The molecule has 0 saturated heterocycles. The molecule has 2 rings (SSSR count). The molecule has 1 unspecified atom stereocenters. The van der Waals surface area contributed by atoms with Gasteiger partial charge in [0, 0.05) is 24.9 Å². The average Bonchev–Trinajstić information content (AvgIpc) is 2.86. The standard InChI is InChI=1S/C12H14N4O3/c13-11(7-17)12-5-14-8-15(12)6-9-2-1-3-10(4-9)16(18)19/h1-5,8,11,17H,6-7,13H2. The highest BCUT2D eigenvalue weighted by molar-refractivity contribution is 5.34. The molecule has 7 heteroatoms. The molecule has 0 aliphatic heterocycles. The Hall–Kier alpha value is -2.25. The molecule has 1 atom stereocenters. The molecular weight excluding hydrogens is 248 g/mol. The number of hydrogen-bond acceptors (Lipinski definition) is 5. The minimum Gasteiger partial charge on any atom is -0.394 e. The first kappa shape index (κ1) is 13.2.